The molecule has 0 unspecified atom stereocenters. The number of carbonyl (C=O) groups is 1. The third-order valence-electron chi connectivity index (χ3n) is 3.22. The van der Waals surface area contributed by atoms with Gasteiger partial charge in [-0.25, -0.2) is 4.79 Å². The lowest BCUT2D eigenvalue weighted by Gasteiger charge is -2.02. The van der Waals surface area contributed by atoms with E-state index in [-0.39, 0.29) is 0 Å². The Kier molecular flexibility index (Phi) is 1.84. The molecule has 3 rings (SSSR count). The molecule has 0 amide bonds. The summed E-state index contributed by atoms with van der Waals surface area (Å²) in [6.45, 7) is 2.03. The maximum absolute atomic E-state index is 10.9. The van der Waals surface area contributed by atoms with Gasteiger partial charge in [-0.15, -0.1) is 0 Å². The first-order valence-electron chi connectivity index (χ1n) is 5.51. The molecule has 1 aliphatic carbocycles. The van der Waals surface area contributed by atoms with Gasteiger partial charge in [0, 0.05) is 23.1 Å². The molecule has 2 aromatic rings. The summed E-state index contributed by atoms with van der Waals surface area (Å²) in [5.74, 6) is -0.861. The zero-order valence-corrected chi connectivity index (χ0v) is 9.10. The molecule has 16 heavy (non-hydrogen) atoms. The van der Waals surface area contributed by atoms with Crippen molar-refractivity contribution in [3.8, 4) is 0 Å². The van der Waals surface area contributed by atoms with Crippen LogP contribution in [0.5, 0.6) is 0 Å². The van der Waals surface area contributed by atoms with Crippen LogP contribution in [0.4, 0.5) is 0 Å². The van der Waals surface area contributed by atoms with Crippen molar-refractivity contribution < 1.29 is 9.90 Å². The van der Waals surface area contributed by atoms with Gasteiger partial charge in [0.1, 0.15) is 0 Å². The highest BCUT2D eigenvalue weighted by atomic mass is 16.4. The van der Waals surface area contributed by atoms with Gasteiger partial charge in [0.2, 0.25) is 0 Å². The Morgan fingerprint density at radius 3 is 2.81 bits per heavy atom. The Labute approximate surface area is 93.3 Å². The molecule has 0 radical (unpaired) electrons. The first-order valence-corrected chi connectivity index (χ1v) is 5.51. The van der Waals surface area contributed by atoms with E-state index in [0.717, 1.165) is 16.5 Å². The summed E-state index contributed by atoms with van der Waals surface area (Å²) in [5, 5.41) is 10.0. The summed E-state index contributed by atoms with van der Waals surface area (Å²) in [6, 6.07) is 6.01. The molecule has 1 aromatic carbocycles. The van der Waals surface area contributed by atoms with Crippen LogP contribution >= 0.6 is 0 Å². The molecule has 0 aliphatic heterocycles. The van der Waals surface area contributed by atoms with E-state index in [9.17, 15) is 4.79 Å². The van der Waals surface area contributed by atoms with Crippen molar-refractivity contribution in [2.75, 3.05) is 0 Å². The van der Waals surface area contributed by atoms with E-state index in [1.54, 1.807) is 12.1 Å². The minimum atomic E-state index is -0.861. The first-order chi connectivity index (χ1) is 7.66. The molecule has 1 fully saturated rings. The number of rotatable bonds is 2. The minimum absolute atomic E-state index is 0.365. The van der Waals surface area contributed by atoms with E-state index in [4.69, 9.17) is 5.11 Å². The van der Waals surface area contributed by atoms with E-state index < -0.39 is 5.97 Å². The Morgan fingerprint density at radius 2 is 2.19 bits per heavy atom. The van der Waals surface area contributed by atoms with Crippen molar-refractivity contribution in [3.63, 3.8) is 0 Å². The quantitative estimate of drug-likeness (QED) is 0.836. The second kappa shape index (κ2) is 3.11. The van der Waals surface area contributed by atoms with E-state index in [0.29, 0.717) is 11.6 Å². The van der Waals surface area contributed by atoms with Crippen LogP contribution in [0.2, 0.25) is 0 Å². The van der Waals surface area contributed by atoms with E-state index >= 15 is 0 Å². The predicted molar refractivity (Wildman–Crippen MR) is 61.9 cm³/mol. The number of nitrogens with zero attached hydrogens (tertiary/aromatic N) is 1. The van der Waals surface area contributed by atoms with Crippen LogP contribution in [0, 0.1) is 6.92 Å². The van der Waals surface area contributed by atoms with Gasteiger partial charge < -0.3 is 9.67 Å². The summed E-state index contributed by atoms with van der Waals surface area (Å²) in [6.07, 6.45) is 4.61. The molecule has 3 nitrogen and oxygen atoms in total. The molecule has 3 heteroatoms. The van der Waals surface area contributed by atoms with Gasteiger partial charge in [-0.05, 0) is 43.5 Å². The Balaban J connectivity index is 2.24. The maximum Gasteiger partial charge on any atom is 0.335 e. The smallest absolute Gasteiger partial charge is 0.335 e. The zero-order chi connectivity index (χ0) is 11.3. The lowest BCUT2D eigenvalue weighted by Crippen LogP contribution is -1.96. The molecule has 0 atom stereocenters. The fourth-order valence-electron chi connectivity index (χ4n) is 2.21. The van der Waals surface area contributed by atoms with Gasteiger partial charge >= 0.3 is 5.97 Å². The highest BCUT2D eigenvalue weighted by Crippen LogP contribution is 2.38. The summed E-state index contributed by atoms with van der Waals surface area (Å²) in [4.78, 5) is 10.9. The number of aryl methyl sites for hydroxylation is 1. The van der Waals surface area contributed by atoms with Crippen molar-refractivity contribution in [2.24, 2.45) is 0 Å². The van der Waals surface area contributed by atoms with Crippen LogP contribution in [0.25, 0.3) is 10.9 Å². The molecule has 82 valence electrons. The molecular formula is C13H13NO2. The van der Waals surface area contributed by atoms with Gasteiger partial charge in [0.25, 0.3) is 0 Å². The molecule has 1 N–H and O–H groups in total. The molecular weight excluding hydrogens is 202 g/mol. The number of fused-ring (bicyclic) bond motifs is 1. The second-order valence-electron chi connectivity index (χ2n) is 4.49. The number of carboxylic acid groups (broad SMARTS) is 1. The number of hydrogen-bond donors (Lipinski definition) is 1. The summed E-state index contributed by atoms with van der Waals surface area (Å²) in [7, 11) is 0. The van der Waals surface area contributed by atoms with E-state index in [1.807, 2.05) is 13.0 Å². The number of aromatic nitrogens is 1. The zero-order valence-electron chi connectivity index (χ0n) is 9.10. The molecule has 0 bridgehead atoms. The minimum Gasteiger partial charge on any atom is -0.478 e. The van der Waals surface area contributed by atoms with Crippen molar-refractivity contribution in [3.05, 3.63) is 35.5 Å². The number of benzene rings is 1. The lowest BCUT2D eigenvalue weighted by molar-refractivity contribution is 0.0697. The van der Waals surface area contributed by atoms with Gasteiger partial charge in [-0.1, -0.05) is 0 Å². The van der Waals surface area contributed by atoms with Crippen molar-refractivity contribution in [1.82, 2.24) is 4.57 Å². The predicted octanol–water partition coefficient (Wildman–Crippen LogP) is 2.98. The molecule has 0 spiro atoms. The second-order valence-corrected chi connectivity index (χ2v) is 4.49. The van der Waals surface area contributed by atoms with Crippen LogP contribution in [0.15, 0.2) is 24.4 Å². The van der Waals surface area contributed by atoms with Gasteiger partial charge in [0.15, 0.2) is 0 Å². The third-order valence-corrected chi connectivity index (χ3v) is 3.22. The monoisotopic (exact) mass is 215 g/mol. The highest BCUT2D eigenvalue weighted by Gasteiger charge is 2.25. The van der Waals surface area contributed by atoms with Crippen LogP contribution in [0.3, 0.4) is 0 Å². The SMILES string of the molecule is Cc1cn(C2CC2)c2ccc(C(=O)O)cc12. The normalized spacial score (nSPS) is 15.6. The molecule has 1 aliphatic rings. The van der Waals surface area contributed by atoms with Crippen molar-refractivity contribution in [1.29, 1.82) is 0 Å². The van der Waals surface area contributed by atoms with Crippen LogP contribution in [-0.4, -0.2) is 15.6 Å². The molecule has 0 saturated heterocycles. The topological polar surface area (TPSA) is 42.2 Å². The average molecular weight is 215 g/mol. The highest BCUT2D eigenvalue weighted by molar-refractivity contribution is 5.94. The van der Waals surface area contributed by atoms with Gasteiger partial charge in [0.05, 0.1) is 5.56 Å². The summed E-state index contributed by atoms with van der Waals surface area (Å²) < 4.78 is 2.27. The summed E-state index contributed by atoms with van der Waals surface area (Å²) >= 11 is 0. The number of aromatic carboxylic acids is 1. The Morgan fingerprint density at radius 1 is 1.44 bits per heavy atom. The van der Waals surface area contributed by atoms with Crippen molar-refractivity contribution >= 4 is 16.9 Å². The third kappa shape index (κ3) is 1.32. The van der Waals surface area contributed by atoms with Crippen LogP contribution in [-0.2, 0) is 0 Å². The largest absolute Gasteiger partial charge is 0.478 e. The molecule has 1 heterocycles. The lowest BCUT2D eigenvalue weighted by atomic mass is 10.1. The average Bonchev–Trinajstić information content (AvgIpc) is 3.04. The Hall–Kier alpha value is -1.77. The Bertz CT molecular complexity index is 579. The summed E-state index contributed by atoms with van der Waals surface area (Å²) in [5.41, 5.74) is 2.68. The molecule has 1 saturated carbocycles. The molecule has 1 aromatic heterocycles. The first kappa shape index (κ1) is 9.46. The van der Waals surface area contributed by atoms with E-state index in [1.165, 1.54) is 12.8 Å². The van der Waals surface area contributed by atoms with Gasteiger partial charge in [-0.3, -0.25) is 0 Å². The fourth-order valence-corrected chi connectivity index (χ4v) is 2.21. The van der Waals surface area contributed by atoms with E-state index in [2.05, 4.69) is 10.8 Å². The standard InChI is InChI=1S/C13H13NO2/c1-8-7-14(10-3-4-10)12-5-2-9(13(15)16)6-11(8)12/h2,5-7,10H,3-4H2,1H3,(H,15,16). The number of carboxylic acids is 1. The van der Waals surface area contributed by atoms with Crippen LogP contribution in [0.1, 0.15) is 34.8 Å². The maximum atomic E-state index is 10.9. The van der Waals surface area contributed by atoms with Crippen molar-refractivity contribution in [2.45, 2.75) is 25.8 Å². The number of hydrogen-bond acceptors (Lipinski definition) is 1. The van der Waals surface area contributed by atoms with Gasteiger partial charge in [-0.2, -0.15) is 0 Å². The fraction of sp³-hybridized carbons (Fsp3) is 0.308. The van der Waals surface area contributed by atoms with Crippen LogP contribution < -0.4 is 0 Å².